The first-order chi connectivity index (χ1) is 6.02. The van der Waals surface area contributed by atoms with Crippen LogP contribution in [0.4, 0.5) is 0 Å². The predicted molar refractivity (Wildman–Crippen MR) is 48.8 cm³/mol. The maximum absolute atomic E-state index is 11.0. The zero-order chi connectivity index (χ0) is 10.4. The molecule has 0 heterocycles. The van der Waals surface area contributed by atoms with E-state index in [-0.39, 0.29) is 18.3 Å². The number of halogens is 1. The molecule has 0 bridgehead atoms. The van der Waals surface area contributed by atoms with E-state index in [4.69, 9.17) is 16.7 Å². The van der Waals surface area contributed by atoms with Gasteiger partial charge >= 0.3 is 5.97 Å². The number of carbonyl (C=O) groups excluding carboxylic acids is 1. The van der Waals surface area contributed by atoms with Gasteiger partial charge in [-0.05, 0) is 7.05 Å². The number of nitrogens with zero attached hydrogens (tertiary/aromatic N) is 1. The molecule has 0 aliphatic heterocycles. The number of hydrogen-bond acceptors (Lipinski definition) is 3. The molecule has 5 nitrogen and oxygen atoms in total. The zero-order valence-corrected chi connectivity index (χ0v) is 8.34. The molecule has 13 heavy (non-hydrogen) atoms. The molecule has 2 N–H and O–H groups in total. The molecule has 0 rings (SSSR count). The van der Waals surface area contributed by atoms with Crippen molar-refractivity contribution in [2.45, 2.75) is 6.04 Å². The molecule has 0 aliphatic rings. The van der Waals surface area contributed by atoms with Crippen molar-refractivity contribution in [3.8, 4) is 0 Å². The number of carbonyl (C=O) groups is 2. The average Bonchev–Trinajstić information content (AvgIpc) is 2.11. The molecule has 0 saturated carbocycles. The Morgan fingerprint density at radius 3 is 2.46 bits per heavy atom. The fourth-order valence-corrected chi connectivity index (χ4v) is 0.975. The molecule has 76 valence electrons. The van der Waals surface area contributed by atoms with Crippen LogP contribution in [-0.2, 0) is 9.59 Å². The van der Waals surface area contributed by atoms with Crippen molar-refractivity contribution in [1.82, 2.24) is 10.2 Å². The zero-order valence-electron chi connectivity index (χ0n) is 7.58. The Morgan fingerprint density at radius 2 is 2.15 bits per heavy atom. The maximum atomic E-state index is 11.0. The van der Waals surface area contributed by atoms with Crippen molar-refractivity contribution < 1.29 is 14.7 Å². The average molecular weight is 209 g/mol. The highest BCUT2D eigenvalue weighted by molar-refractivity contribution is 6.27. The van der Waals surface area contributed by atoms with Gasteiger partial charge in [-0.15, -0.1) is 11.6 Å². The van der Waals surface area contributed by atoms with Gasteiger partial charge in [-0.3, -0.25) is 9.59 Å². The molecule has 0 aromatic carbocycles. The number of carboxylic acids is 1. The number of carboxylic acid groups (broad SMARTS) is 1. The van der Waals surface area contributed by atoms with Gasteiger partial charge in [-0.1, -0.05) is 0 Å². The normalized spacial score (nSPS) is 12.2. The van der Waals surface area contributed by atoms with Crippen LogP contribution in [0.1, 0.15) is 0 Å². The van der Waals surface area contributed by atoms with Gasteiger partial charge in [0.25, 0.3) is 0 Å². The van der Waals surface area contributed by atoms with Crippen LogP contribution < -0.4 is 5.32 Å². The minimum atomic E-state index is -0.989. The highest BCUT2D eigenvalue weighted by Crippen LogP contribution is 1.92. The Bertz CT molecular complexity index is 198. The minimum absolute atomic E-state index is 0.109. The number of likely N-dealkylation sites (N-methyl/N-ethyl adjacent to an activating group) is 2. The van der Waals surface area contributed by atoms with Crippen LogP contribution in [0, 0.1) is 0 Å². The Labute approximate surface area is 81.7 Å². The molecule has 0 fully saturated rings. The van der Waals surface area contributed by atoms with Gasteiger partial charge in [0.1, 0.15) is 11.9 Å². The first-order valence-electron chi connectivity index (χ1n) is 3.73. The second-order valence-corrected chi connectivity index (χ2v) is 2.85. The third-order valence-corrected chi connectivity index (χ3v) is 1.87. The van der Waals surface area contributed by atoms with Crippen LogP contribution in [0.2, 0.25) is 0 Å². The van der Waals surface area contributed by atoms with Gasteiger partial charge in [0.15, 0.2) is 0 Å². The van der Waals surface area contributed by atoms with Gasteiger partial charge in [-0.25, -0.2) is 0 Å². The van der Waals surface area contributed by atoms with Crippen molar-refractivity contribution >= 4 is 23.5 Å². The second kappa shape index (κ2) is 5.77. The summed E-state index contributed by atoms with van der Waals surface area (Å²) in [5, 5.41) is 11.2. The van der Waals surface area contributed by atoms with Crippen molar-refractivity contribution in [1.29, 1.82) is 0 Å². The highest BCUT2D eigenvalue weighted by atomic mass is 35.5. The Kier molecular flexibility index (Phi) is 5.41. The topological polar surface area (TPSA) is 69.6 Å². The molecule has 6 heteroatoms. The molecule has 1 atom stereocenters. The van der Waals surface area contributed by atoms with Gasteiger partial charge < -0.3 is 15.3 Å². The molecule has 0 radical (unpaired) electrons. The van der Waals surface area contributed by atoms with Crippen molar-refractivity contribution in [2.24, 2.45) is 0 Å². The number of nitrogens with one attached hydrogen (secondary N) is 1. The summed E-state index contributed by atoms with van der Waals surface area (Å²) >= 11 is 5.29. The second-order valence-electron chi connectivity index (χ2n) is 2.59. The van der Waals surface area contributed by atoms with E-state index in [9.17, 15) is 9.59 Å². The predicted octanol–water partition coefficient (Wildman–Crippen LogP) is -0.644. The molecular weight excluding hydrogens is 196 g/mol. The lowest BCUT2D eigenvalue weighted by Gasteiger charge is -2.20. The monoisotopic (exact) mass is 208 g/mol. The van der Waals surface area contributed by atoms with Crippen molar-refractivity contribution in [2.75, 3.05) is 26.5 Å². The van der Waals surface area contributed by atoms with Gasteiger partial charge in [0.2, 0.25) is 5.91 Å². The highest BCUT2D eigenvalue weighted by Gasteiger charge is 2.19. The summed E-state index contributed by atoms with van der Waals surface area (Å²) < 4.78 is 0. The molecule has 0 aromatic heterocycles. The summed E-state index contributed by atoms with van der Waals surface area (Å²) in [6.07, 6.45) is 0. The summed E-state index contributed by atoms with van der Waals surface area (Å²) in [7, 11) is 3.04. The number of aliphatic carboxylic acids is 1. The fraction of sp³-hybridized carbons (Fsp3) is 0.714. The molecule has 0 spiro atoms. The summed E-state index contributed by atoms with van der Waals surface area (Å²) in [6.45, 7) is 0.109. The summed E-state index contributed by atoms with van der Waals surface area (Å²) in [4.78, 5) is 22.8. The Hall–Kier alpha value is -0.810. The van der Waals surface area contributed by atoms with E-state index < -0.39 is 12.0 Å². The lowest BCUT2D eigenvalue weighted by atomic mass is 10.3. The molecule has 0 aliphatic carbocycles. The Balaban J connectivity index is 4.08. The SMILES string of the molecule is CNC(CN(C)C(=O)CCl)C(=O)O. The van der Waals surface area contributed by atoms with Crippen LogP contribution >= 0.6 is 11.6 Å². The van der Waals surface area contributed by atoms with Crippen LogP contribution in [0.3, 0.4) is 0 Å². The van der Waals surface area contributed by atoms with E-state index in [2.05, 4.69) is 5.32 Å². The number of amides is 1. The van der Waals surface area contributed by atoms with E-state index >= 15 is 0 Å². The lowest BCUT2D eigenvalue weighted by Crippen LogP contribution is -2.45. The van der Waals surface area contributed by atoms with Crippen LogP contribution in [0.25, 0.3) is 0 Å². The fourth-order valence-electron chi connectivity index (χ4n) is 0.771. The maximum Gasteiger partial charge on any atom is 0.322 e. The van der Waals surface area contributed by atoms with E-state index in [0.29, 0.717) is 0 Å². The van der Waals surface area contributed by atoms with E-state index in [0.717, 1.165) is 0 Å². The number of alkyl halides is 1. The van der Waals surface area contributed by atoms with Crippen molar-refractivity contribution in [3.05, 3.63) is 0 Å². The van der Waals surface area contributed by atoms with Crippen LogP contribution in [0.15, 0.2) is 0 Å². The standard InChI is InChI=1S/C7H13ClN2O3/c1-9-5(7(12)13)4-10(2)6(11)3-8/h5,9H,3-4H2,1-2H3,(H,12,13). The van der Waals surface area contributed by atoms with Crippen LogP contribution in [-0.4, -0.2) is 54.4 Å². The molecule has 1 unspecified atom stereocenters. The van der Waals surface area contributed by atoms with Gasteiger partial charge in [0, 0.05) is 13.6 Å². The minimum Gasteiger partial charge on any atom is -0.480 e. The van der Waals surface area contributed by atoms with Crippen LogP contribution in [0.5, 0.6) is 0 Å². The molecule has 0 aromatic rings. The first-order valence-corrected chi connectivity index (χ1v) is 4.26. The molecule has 0 saturated heterocycles. The van der Waals surface area contributed by atoms with E-state index in [1.807, 2.05) is 0 Å². The summed E-state index contributed by atoms with van der Waals surface area (Å²) in [5.74, 6) is -1.41. The quantitative estimate of drug-likeness (QED) is 0.590. The number of hydrogen-bond donors (Lipinski definition) is 2. The van der Waals surface area contributed by atoms with Crippen molar-refractivity contribution in [3.63, 3.8) is 0 Å². The first kappa shape index (κ1) is 12.2. The van der Waals surface area contributed by atoms with Gasteiger partial charge in [-0.2, -0.15) is 0 Å². The smallest absolute Gasteiger partial charge is 0.322 e. The molecular formula is C7H13ClN2O3. The van der Waals surface area contributed by atoms with E-state index in [1.165, 1.54) is 19.0 Å². The largest absolute Gasteiger partial charge is 0.480 e. The molecule has 1 amide bonds. The third-order valence-electron chi connectivity index (χ3n) is 1.64. The Morgan fingerprint density at radius 1 is 1.62 bits per heavy atom. The summed E-state index contributed by atoms with van der Waals surface area (Å²) in [5.41, 5.74) is 0. The lowest BCUT2D eigenvalue weighted by molar-refractivity contribution is -0.140. The van der Waals surface area contributed by atoms with Gasteiger partial charge in [0.05, 0.1) is 0 Å². The third kappa shape index (κ3) is 4.10. The van der Waals surface area contributed by atoms with E-state index in [1.54, 1.807) is 0 Å². The summed E-state index contributed by atoms with van der Waals surface area (Å²) in [6, 6.07) is -0.753. The number of rotatable bonds is 5.